The molecule has 0 fully saturated rings. The van der Waals surface area contributed by atoms with Crippen molar-refractivity contribution in [1.82, 2.24) is 0 Å². The van der Waals surface area contributed by atoms with Crippen LogP contribution in [0.5, 0.6) is 0 Å². The molecule has 0 aliphatic heterocycles. The maximum absolute atomic E-state index is 7.65. The molecule has 0 heterocycles. The predicted molar refractivity (Wildman–Crippen MR) is 120 cm³/mol. The summed E-state index contributed by atoms with van der Waals surface area (Å²) in [6.45, 7) is 9.28. The van der Waals surface area contributed by atoms with Crippen LogP contribution in [-0.4, -0.2) is 24.6 Å². The van der Waals surface area contributed by atoms with E-state index in [4.69, 9.17) is 11.2 Å². The van der Waals surface area contributed by atoms with Crippen LogP contribution in [-0.2, 0) is 0 Å². The van der Waals surface area contributed by atoms with Gasteiger partial charge < -0.3 is 0 Å². The molecule has 0 atom stereocenters. The Balaban J connectivity index is 4.44. The molecule has 0 saturated heterocycles. The second-order valence-electron chi connectivity index (χ2n) is 8.25. The minimum absolute atomic E-state index is 1.31. The van der Waals surface area contributed by atoms with Crippen molar-refractivity contribution in [2.45, 2.75) is 118 Å². The van der Waals surface area contributed by atoms with Gasteiger partial charge in [0, 0.05) is 0 Å². The summed E-state index contributed by atoms with van der Waals surface area (Å²) in [6.07, 6.45) is 24.8. The topological polar surface area (TPSA) is 0 Å². The Hall–Kier alpha value is 0.720. The average Bonchev–Trinajstić information content (AvgIpc) is 2.60. The molecule has 0 unspecified atom stereocenters. The quantitative estimate of drug-likeness (QED) is 0.164. The third-order valence-corrected chi connectivity index (χ3v) is 13.5. The van der Waals surface area contributed by atoms with Gasteiger partial charge in [-0.15, -0.1) is 0 Å². The van der Waals surface area contributed by atoms with Crippen molar-refractivity contribution in [1.29, 1.82) is 0 Å². The van der Waals surface area contributed by atoms with E-state index in [1.165, 1.54) is 115 Å². The Morgan fingerprint density at radius 2 is 0.708 bits per heavy atom. The fourth-order valence-corrected chi connectivity index (χ4v) is 11.1. The van der Waals surface area contributed by atoms with Crippen LogP contribution in [0.1, 0.15) is 118 Å². The zero-order valence-electron chi connectivity index (χ0n) is 17.6. The molecule has 24 heavy (non-hydrogen) atoms. The predicted octanol–water partition coefficient (Wildman–Crippen LogP) is 9.23. The van der Waals surface area contributed by atoms with Gasteiger partial charge in [0.15, 0.2) is 0 Å². The molecular weight excluding hydrogens is 331 g/mol. The SMILES string of the molecule is CCCCCCCCCCP(Cl)(CCCC)(CCCC)CCCC. The normalized spacial score (nSPS) is 13.8. The van der Waals surface area contributed by atoms with E-state index < -0.39 is 5.96 Å². The number of halogens is 1. The summed E-state index contributed by atoms with van der Waals surface area (Å²) in [4.78, 5) is 0. The molecule has 148 valence electrons. The summed E-state index contributed by atoms with van der Waals surface area (Å²) < 4.78 is 0. The van der Waals surface area contributed by atoms with Gasteiger partial charge in [-0.3, -0.25) is 0 Å². The molecule has 0 radical (unpaired) electrons. The molecular formula is C22H48ClP. The standard InChI is InChI=1S/C22H48ClP/c1-5-9-13-14-15-16-17-18-22-24(23,19-10-6-2,20-11-7-3)21-12-8-4/h5-22H2,1-4H3. The Labute approximate surface area is 159 Å². The summed E-state index contributed by atoms with van der Waals surface area (Å²) in [6, 6.07) is 0. The van der Waals surface area contributed by atoms with Crippen LogP contribution in [0, 0.1) is 0 Å². The third kappa shape index (κ3) is 11.4. The fraction of sp³-hybridized carbons (Fsp3) is 1.00. The van der Waals surface area contributed by atoms with Gasteiger partial charge >= 0.3 is 159 Å². The summed E-state index contributed by atoms with van der Waals surface area (Å²) in [7, 11) is 0. The van der Waals surface area contributed by atoms with Crippen molar-refractivity contribution < 1.29 is 0 Å². The molecule has 0 N–H and O–H groups in total. The summed E-state index contributed by atoms with van der Waals surface area (Å²) >= 11 is 7.65. The molecule has 0 saturated carbocycles. The zero-order valence-corrected chi connectivity index (χ0v) is 19.2. The molecule has 0 aromatic heterocycles. The first kappa shape index (κ1) is 24.7. The molecule has 0 aliphatic carbocycles. The van der Waals surface area contributed by atoms with Crippen LogP contribution in [0.15, 0.2) is 0 Å². The van der Waals surface area contributed by atoms with Crippen LogP contribution in [0.3, 0.4) is 0 Å². The Morgan fingerprint density at radius 1 is 0.417 bits per heavy atom. The van der Waals surface area contributed by atoms with Crippen molar-refractivity contribution in [3.63, 3.8) is 0 Å². The number of hydrogen-bond donors (Lipinski definition) is 0. The van der Waals surface area contributed by atoms with Crippen molar-refractivity contribution in [3.05, 3.63) is 0 Å². The van der Waals surface area contributed by atoms with E-state index in [2.05, 4.69) is 27.7 Å². The van der Waals surface area contributed by atoms with Gasteiger partial charge in [0.1, 0.15) is 0 Å². The van der Waals surface area contributed by atoms with Crippen LogP contribution < -0.4 is 0 Å². The Morgan fingerprint density at radius 3 is 1.08 bits per heavy atom. The third-order valence-electron chi connectivity index (χ3n) is 5.78. The second kappa shape index (κ2) is 14.8. The Kier molecular flexibility index (Phi) is 15.3. The van der Waals surface area contributed by atoms with E-state index in [1.807, 2.05) is 0 Å². The average molecular weight is 379 g/mol. The monoisotopic (exact) mass is 378 g/mol. The number of unbranched alkanes of at least 4 members (excludes halogenated alkanes) is 10. The molecule has 0 bridgehead atoms. The first-order valence-corrected chi connectivity index (χ1v) is 15.1. The van der Waals surface area contributed by atoms with E-state index in [1.54, 1.807) is 0 Å². The van der Waals surface area contributed by atoms with Gasteiger partial charge in [-0.2, -0.15) is 0 Å². The van der Waals surface area contributed by atoms with Gasteiger partial charge in [0.05, 0.1) is 0 Å². The summed E-state index contributed by atoms with van der Waals surface area (Å²) in [5.74, 6) is -1.95. The van der Waals surface area contributed by atoms with Gasteiger partial charge in [-0.05, 0) is 0 Å². The Bertz CT molecular complexity index is 253. The van der Waals surface area contributed by atoms with E-state index >= 15 is 0 Å². The number of rotatable bonds is 18. The van der Waals surface area contributed by atoms with Gasteiger partial charge in [0.25, 0.3) is 0 Å². The molecule has 0 aromatic carbocycles. The first-order valence-electron chi connectivity index (χ1n) is 11.3. The fourth-order valence-electron chi connectivity index (χ4n) is 3.97. The van der Waals surface area contributed by atoms with E-state index in [0.717, 1.165) is 0 Å². The van der Waals surface area contributed by atoms with E-state index in [0.29, 0.717) is 0 Å². The maximum atomic E-state index is 7.65. The van der Waals surface area contributed by atoms with Crippen LogP contribution in [0.2, 0.25) is 0 Å². The zero-order chi connectivity index (χ0) is 18.2. The molecule has 0 amide bonds. The van der Waals surface area contributed by atoms with Crippen LogP contribution >= 0.6 is 17.2 Å². The van der Waals surface area contributed by atoms with Crippen molar-refractivity contribution in [3.8, 4) is 0 Å². The number of hydrogen-bond acceptors (Lipinski definition) is 0. The minimum atomic E-state index is -1.95. The molecule has 0 aliphatic rings. The van der Waals surface area contributed by atoms with Crippen molar-refractivity contribution >= 4 is 17.2 Å². The van der Waals surface area contributed by atoms with E-state index in [9.17, 15) is 0 Å². The molecule has 0 nitrogen and oxygen atoms in total. The van der Waals surface area contributed by atoms with Crippen LogP contribution in [0.4, 0.5) is 0 Å². The summed E-state index contributed by atoms with van der Waals surface area (Å²) in [5, 5.41) is 0. The van der Waals surface area contributed by atoms with Gasteiger partial charge in [-0.1, -0.05) is 0 Å². The van der Waals surface area contributed by atoms with Gasteiger partial charge in [0.2, 0.25) is 0 Å². The molecule has 0 rings (SSSR count). The van der Waals surface area contributed by atoms with E-state index in [-0.39, 0.29) is 0 Å². The second-order valence-corrected chi connectivity index (χ2v) is 16.5. The summed E-state index contributed by atoms with van der Waals surface area (Å²) in [5.41, 5.74) is 0. The van der Waals surface area contributed by atoms with Gasteiger partial charge in [-0.25, -0.2) is 0 Å². The molecule has 2 heteroatoms. The first-order chi connectivity index (χ1) is 11.5. The molecule has 0 spiro atoms. The van der Waals surface area contributed by atoms with Crippen molar-refractivity contribution in [2.75, 3.05) is 24.6 Å². The van der Waals surface area contributed by atoms with Crippen molar-refractivity contribution in [2.24, 2.45) is 0 Å². The van der Waals surface area contributed by atoms with Crippen LogP contribution in [0.25, 0.3) is 0 Å². The molecule has 0 aromatic rings.